The van der Waals surface area contributed by atoms with Crippen molar-refractivity contribution in [2.75, 3.05) is 11.4 Å². The van der Waals surface area contributed by atoms with Crippen molar-refractivity contribution in [3.63, 3.8) is 0 Å². The van der Waals surface area contributed by atoms with Gasteiger partial charge in [0, 0.05) is 21.9 Å². The maximum atomic E-state index is 13.4. The van der Waals surface area contributed by atoms with Crippen LogP contribution in [-0.2, 0) is 10.5 Å². The van der Waals surface area contributed by atoms with Crippen LogP contribution in [0.15, 0.2) is 70.7 Å². The summed E-state index contributed by atoms with van der Waals surface area (Å²) in [7, 11) is 0. The second kappa shape index (κ2) is 8.54. The minimum Gasteiger partial charge on any atom is -0.503 e. The van der Waals surface area contributed by atoms with E-state index in [9.17, 15) is 13.6 Å². The van der Waals surface area contributed by atoms with E-state index in [1.165, 1.54) is 0 Å². The maximum absolute atomic E-state index is 13.4. The van der Waals surface area contributed by atoms with E-state index in [0.29, 0.717) is 0 Å². The van der Waals surface area contributed by atoms with Gasteiger partial charge in [-0.2, -0.15) is 5.10 Å². The molecule has 3 aromatic carbocycles. The number of benzene rings is 3. The van der Waals surface area contributed by atoms with Gasteiger partial charge in [0.05, 0.1) is 11.9 Å². The van der Waals surface area contributed by atoms with Gasteiger partial charge in [-0.1, -0.05) is 30.3 Å². The number of carbonyl (C=O) groups is 1. The number of nitrogens with one attached hydrogen (secondary N) is 1. The lowest BCUT2D eigenvalue weighted by molar-refractivity contribution is -0.119. The first-order valence-electron chi connectivity index (χ1n) is 9.10. The molecule has 0 spiro atoms. The lowest BCUT2D eigenvalue weighted by Gasteiger charge is -2.25. The smallest absolute Gasteiger partial charge is 0.260 e. The summed E-state index contributed by atoms with van der Waals surface area (Å²) in [6, 6.07) is 17.6. The molecule has 5 nitrogen and oxygen atoms in total. The third-order valence-electron chi connectivity index (χ3n) is 4.57. The topological polar surface area (TPSA) is 64.9 Å². The predicted molar refractivity (Wildman–Crippen MR) is 113 cm³/mol. The molecule has 0 aliphatic carbocycles. The first kappa shape index (κ1) is 19.9. The molecule has 0 atom stereocenters. The summed E-state index contributed by atoms with van der Waals surface area (Å²) < 4.78 is 26.8. The fourth-order valence-electron chi connectivity index (χ4n) is 3.17. The van der Waals surface area contributed by atoms with Crippen LogP contribution in [0.2, 0.25) is 0 Å². The van der Waals surface area contributed by atoms with Crippen LogP contribution in [0, 0.1) is 11.6 Å². The van der Waals surface area contributed by atoms with Gasteiger partial charge in [-0.25, -0.2) is 14.2 Å². The summed E-state index contributed by atoms with van der Waals surface area (Å²) >= 11 is 1.71. The van der Waals surface area contributed by atoms with E-state index in [1.807, 2.05) is 53.4 Å². The molecule has 152 valence electrons. The van der Waals surface area contributed by atoms with Gasteiger partial charge in [0.2, 0.25) is 0 Å². The molecule has 8 heteroatoms. The average Bonchev–Trinajstić information content (AvgIpc) is 2.89. The van der Waals surface area contributed by atoms with Crippen LogP contribution in [0.1, 0.15) is 11.1 Å². The zero-order chi connectivity index (χ0) is 21.1. The quantitative estimate of drug-likeness (QED) is 0.475. The predicted octanol–water partition coefficient (Wildman–Crippen LogP) is 4.56. The van der Waals surface area contributed by atoms with Gasteiger partial charge >= 0.3 is 0 Å². The molecule has 1 aliphatic rings. The first-order chi connectivity index (χ1) is 14.5. The summed E-state index contributed by atoms with van der Waals surface area (Å²) in [4.78, 5) is 15.6. The highest BCUT2D eigenvalue weighted by Gasteiger charge is 2.22. The molecule has 4 rings (SSSR count). The lowest BCUT2D eigenvalue weighted by Crippen LogP contribution is -2.32. The van der Waals surface area contributed by atoms with Crippen LogP contribution in [0.25, 0.3) is 0 Å². The van der Waals surface area contributed by atoms with Crippen molar-refractivity contribution in [3.8, 4) is 5.75 Å². The van der Waals surface area contributed by atoms with Crippen LogP contribution in [0.5, 0.6) is 5.75 Å². The Morgan fingerprint density at radius 2 is 1.77 bits per heavy atom. The van der Waals surface area contributed by atoms with Gasteiger partial charge in [0.25, 0.3) is 5.91 Å². The van der Waals surface area contributed by atoms with Gasteiger partial charge in [-0.15, -0.1) is 11.8 Å². The van der Waals surface area contributed by atoms with E-state index < -0.39 is 17.4 Å². The fraction of sp³-hybridized carbons (Fsp3) is 0.0909. The Hall–Kier alpha value is -3.39. The molecule has 2 N–H and O–H groups in total. The molecule has 30 heavy (non-hydrogen) atoms. The summed E-state index contributed by atoms with van der Waals surface area (Å²) in [6.45, 7) is 0.0181. The molecule has 1 heterocycles. The van der Waals surface area contributed by atoms with E-state index in [2.05, 4.69) is 10.5 Å². The number of para-hydroxylation sites is 2. The fourth-order valence-corrected chi connectivity index (χ4v) is 4.23. The number of halogens is 2. The summed E-state index contributed by atoms with van der Waals surface area (Å²) in [5.74, 6) is -2.84. The van der Waals surface area contributed by atoms with Crippen LogP contribution in [-0.4, -0.2) is 23.8 Å². The number of nitrogens with zero attached hydrogens (tertiary/aromatic N) is 2. The molecule has 0 bridgehead atoms. The molecule has 0 unspecified atom stereocenters. The van der Waals surface area contributed by atoms with Gasteiger partial charge < -0.3 is 10.0 Å². The van der Waals surface area contributed by atoms with Crippen LogP contribution in [0.3, 0.4) is 0 Å². The summed E-state index contributed by atoms with van der Waals surface area (Å²) in [6.07, 6.45) is 1.11. The minimum atomic E-state index is -1.10. The molecule has 0 aromatic heterocycles. The Morgan fingerprint density at radius 3 is 2.53 bits per heavy atom. The van der Waals surface area contributed by atoms with Crippen molar-refractivity contribution in [2.45, 2.75) is 10.6 Å². The molecule has 1 aliphatic heterocycles. The lowest BCUT2D eigenvalue weighted by atomic mass is 10.1. The highest BCUT2D eigenvalue weighted by molar-refractivity contribution is 7.98. The largest absolute Gasteiger partial charge is 0.503 e. The van der Waals surface area contributed by atoms with Crippen molar-refractivity contribution < 1.29 is 18.7 Å². The molecule has 0 saturated carbocycles. The van der Waals surface area contributed by atoms with E-state index in [-0.39, 0.29) is 18.0 Å². The Morgan fingerprint density at radius 1 is 1.10 bits per heavy atom. The number of hydrogen-bond donors (Lipinski definition) is 2. The number of amides is 1. The SMILES string of the molecule is O=C(CN1c2ccccc2CSc2ccccc21)N/N=C/c1cc(F)c(O)c(F)c1. The Labute approximate surface area is 176 Å². The number of hydrazone groups is 1. The first-order valence-corrected chi connectivity index (χ1v) is 10.1. The molecule has 0 radical (unpaired) electrons. The van der Waals surface area contributed by atoms with Crippen molar-refractivity contribution in [1.82, 2.24) is 5.43 Å². The Kier molecular flexibility index (Phi) is 5.67. The number of anilines is 2. The van der Waals surface area contributed by atoms with Gasteiger partial charge in [-0.3, -0.25) is 4.79 Å². The number of rotatable bonds is 4. The molecule has 0 fully saturated rings. The minimum absolute atomic E-state index is 0.0181. The standard InChI is InChI=1S/C22H17F2N3O2S/c23-16-9-14(10-17(24)22(16)29)11-25-26-21(28)12-27-18-6-2-1-5-15(18)13-30-20-8-4-3-7-19(20)27/h1-11,29H,12-13H2,(H,26,28)/b25-11+. The van der Waals surface area contributed by atoms with Gasteiger partial charge in [0.1, 0.15) is 6.54 Å². The van der Waals surface area contributed by atoms with Crippen molar-refractivity contribution in [1.29, 1.82) is 0 Å². The highest BCUT2D eigenvalue weighted by atomic mass is 32.2. The molecular formula is C22H17F2N3O2S. The third kappa shape index (κ3) is 4.13. The molecule has 0 saturated heterocycles. The Bertz CT molecular complexity index is 1070. The number of thioether (sulfide) groups is 1. The monoisotopic (exact) mass is 425 g/mol. The van der Waals surface area contributed by atoms with E-state index >= 15 is 0 Å². The maximum Gasteiger partial charge on any atom is 0.260 e. The van der Waals surface area contributed by atoms with Crippen molar-refractivity contribution in [3.05, 3.63) is 83.4 Å². The van der Waals surface area contributed by atoms with Gasteiger partial charge in [-0.05, 0) is 35.9 Å². The number of phenolic OH excluding ortho intramolecular Hbond substituents is 1. The van der Waals surface area contributed by atoms with Gasteiger partial charge in [0.15, 0.2) is 17.4 Å². The number of phenols is 1. The molecule has 1 amide bonds. The number of fused-ring (bicyclic) bond motifs is 2. The van der Waals surface area contributed by atoms with E-state index in [4.69, 9.17) is 5.11 Å². The summed E-state index contributed by atoms with van der Waals surface area (Å²) in [5, 5.41) is 12.9. The van der Waals surface area contributed by atoms with E-state index in [0.717, 1.165) is 45.9 Å². The van der Waals surface area contributed by atoms with E-state index in [1.54, 1.807) is 11.8 Å². The second-order valence-electron chi connectivity index (χ2n) is 6.60. The van der Waals surface area contributed by atoms with Crippen LogP contribution < -0.4 is 10.3 Å². The van der Waals surface area contributed by atoms with Crippen LogP contribution in [0.4, 0.5) is 20.2 Å². The summed E-state index contributed by atoms with van der Waals surface area (Å²) in [5.41, 5.74) is 5.45. The molecular weight excluding hydrogens is 408 g/mol. The highest BCUT2D eigenvalue weighted by Crippen LogP contribution is 2.42. The average molecular weight is 425 g/mol. The van der Waals surface area contributed by atoms with Crippen molar-refractivity contribution in [2.24, 2.45) is 5.10 Å². The number of hydrogen-bond acceptors (Lipinski definition) is 5. The normalized spacial score (nSPS) is 12.9. The zero-order valence-electron chi connectivity index (χ0n) is 15.7. The molecule has 3 aromatic rings. The number of carbonyl (C=O) groups excluding carboxylic acids is 1. The number of aromatic hydroxyl groups is 1. The zero-order valence-corrected chi connectivity index (χ0v) is 16.5. The van der Waals surface area contributed by atoms with Crippen molar-refractivity contribution >= 4 is 35.3 Å². The van der Waals surface area contributed by atoms with Crippen LogP contribution >= 0.6 is 11.8 Å². The Balaban J connectivity index is 1.53. The third-order valence-corrected chi connectivity index (χ3v) is 5.68. The second-order valence-corrected chi connectivity index (χ2v) is 7.61.